The molecule has 0 heterocycles. The Morgan fingerprint density at radius 2 is 1.86 bits per heavy atom. The fourth-order valence-corrected chi connectivity index (χ4v) is 1.20. The van der Waals surface area contributed by atoms with Crippen molar-refractivity contribution in [2.75, 3.05) is 40.8 Å². The molecule has 14 heavy (non-hydrogen) atoms. The minimum absolute atomic E-state index is 0.0144. The summed E-state index contributed by atoms with van der Waals surface area (Å²) in [6, 6.07) is 0.0144. The van der Waals surface area contributed by atoms with Gasteiger partial charge in [0.1, 0.15) is 0 Å². The van der Waals surface area contributed by atoms with Gasteiger partial charge in [0.05, 0.1) is 0 Å². The Balaban J connectivity index is 4.04. The lowest BCUT2D eigenvalue weighted by Crippen LogP contribution is -2.43. The highest BCUT2D eigenvalue weighted by atomic mass is 16.2. The molecule has 0 radical (unpaired) electrons. The van der Waals surface area contributed by atoms with Crippen molar-refractivity contribution in [2.45, 2.75) is 13.8 Å². The van der Waals surface area contributed by atoms with E-state index in [1.165, 1.54) is 0 Å². The normalized spacial score (nSPS) is 10.8. The van der Waals surface area contributed by atoms with Gasteiger partial charge in [-0.1, -0.05) is 13.8 Å². The average Bonchev–Trinajstić information content (AvgIpc) is 2.10. The van der Waals surface area contributed by atoms with Gasteiger partial charge in [0.15, 0.2) is 0 Å². The second-order valence-electron chi connectivity index (χ2n) is 4.20. The van der Waals surface area contributed by atoms with E-state index in [0.29, 0.717) is 5.92 Å². The summed E-state index contributed by atoms with van der Waals surface area (Å²) in [7, 11) is 5.69. The highest BCUT2D eigenvalue weighted by Crippen LogP contribution is 1.99. The summed E-state index contributed by atoms with van der Waals surface area (Å²) < 4.78 is 0. The SMILES string of the molecule is CNC(=O)N(CCN(C)C)CC(C)C. The molecule has 0 fully saturated rings. The summed E-state index contributed by atoms with van der Waals surface area (Å²) in [5, 5.41) is 2.66. The third-order valence-corrected chi connectivity index (χ3v) is 1.90. The Morgan fingerprint density at radius 3 is 2.21 bits per heavy atom. The predicted molar refractivity (Wildman–Crippen MR) is 59.4 cm³/mol. The van der Waals surface area contributed by atoms with E-state index >= 15 is 0 Å². The number of urea groups is 1. The molecule has 0 saturated heterocycles. The van der Waals surface area contributed by atoms with E-state index in [1.54, 1.807) is 7.05 Å². The number of likely N-dealkylation sites (N-methyl/N-ethyl adjacent to an activating group) is 1. The quantitative estimate of drug-likeness (QED) is 0.715. The van der Waals surface area contributed by atoms with E-state index in [2.05, 4.69) is 24.1 Å². The molecule has 0 atom stereocenters. The summed E-state index contributed by atoms with van der Waals surface area (Å²) in [5.41, 5.74) is 0. The minimum atomic E-state index is 0.0144. The van der Waals surface area contributed by atoms with Crippen LogP contribution in [0.25, 0.3) is 0 Å². The van der Waals surface area contributed by atoms with Crippen LogP contribution in [0.2, 0.25) is 0 Å². The topological polar surface area (TPSA) is 35.6 Å². The van der Waals surface area contributed by atoms with Crippen molar-refractivity contribution in [1.29, 1.82) is 0 Å². The van der Waals surface area contributed by atoms with Crippen LogP contribution < -0.4 is 5.32 Å². The lowest BCUT2D eigenvalue weighted by atomic mass is 10.2. The zero-order valence-electron chi connectivity index (χ0n) is 10.0. The molecular weight excluding hydrogens is 178 g/mol. The molecule has 0 spiro atoms. The molecule has 0 saturated carbocycles. The fourth-order valence-electron chi connectivity index (χ4n) is 1.20. The van der Waals surface area contributed by atoms with Crippen LogP contribution in [0.5, 0.6) is 0 Å². The van der Waals surface area contributed by atoms with Gasteiger partial charge < -0.3 is 15.1 Å². The maximum Gasteiger partial charge on any atom is 0.317 e. The third-order valence-electron chi connectivity index (χ3n) is 1.90. The maximum absolute atomic E-state index is 11.5. The molecule has 0 aromatic heterocycles. The molecule has 0 aliphatic heterocycles. The average molecular weight is 201 g/mol. The molecule has 0 bridgehead atoms. The van der Waals surface area contributed by atoms with Crippen molar-refractivity contribution >= 4 is 6.03 Å². The molecular formula is C10H23N3O. The molecule has 4 heteroatoms. The number of hydrogen-bond acceptors (Lipinski definition) is 2. The van der Waals surface area contributed by atoms with E-state index < -0.39 is 0 Å². The Kier molecular flexibility index (Phi) is 6.28. The Bertz CT molecular complexity index is 169. The smallest absolute Gasteiger partial charge is 0.317 e. The molecule has 84 valence electrons. The Labute approximate surface area is 87.3 Å². The van der Waals surface area contributed by atoms with Crippen molar-refractivity contribution in [1.82, 2.24) is 15.1 Å². The molecule has 0 unspecified atom stereocenters. The highest BCUT2D eigenvalue weighted by Gasteiger charge is 2.12. The fraction of sp³-hybridized carbons (Fsp3) is 0.900. The van der Waals surface area contributed by atoms with Gasteiger partial charge >= 0.3 is 6.03 Å². The monoisotopic (exact) mass is 201 g/mol. The van der Waals surface area contributed by atoms with Crippen LogP contribution >= 0.6 is 0 Å². The third kappa shape index (κ3) is 5.80. The minimum Gasteiger partial charge on any atom is -0.341 e. The Morgan fingerprint density at radius 1 is 1.29 bits per heavy atom. The molecule has 1 N–H and O–H groups in total. The molecule has 0 aromatic carbocycles. The van der Waals surface area contributed by atoms with Gasteiger partial charge in [-0.2, -0.15) is 0 Å². The zero-order valence-corrected chi connectivity index (χ0v) is 10.0. The predicted octanol–water partition coefficient (Wildman–Crippen LogP) is 0.845. The first-order valence-corrected chi connectivity index (χ1v) is 5.08. The first-order valence-electron chi connectivity index (χ1n) is 5.08. The van der Waals surface area contributed by atoms with Crippen molar-refractivity contribution in [3.8, 4) is 0 Å². The second-order valence-corrected chi connectivity index (χ2v) is 4.20. The van der Waals surface area contributed by atoms with Gasteiger partial charge in [-0.3, -0.25) is 0 Å². The lowest BCUT2D eigenvalue weighted by Gasteiger charge is -2.25. The van der Waals surface area contributed by atoms with E-state index in [0.717, 1.165) is 19.6 Å². The van der Waals surface area contributed by atoms with Crippen molar-refractivity contribution < 1.29 is 4.79 Å². The van der Waals surface area contributed by atoms with Crippen LogP contribution in [0.4, 0.5) is 4.79 Å². The van der Waals surface area contributed by atoms with Gasteiger partial charge in [0.2, 0.25) is 0 Å². The molecule has 0 rings (SSSR count). The lowest BCUT2D eigenvalue weighted by molar-refractivity contribution is 0.186. The first kappa shape index (κ1) is 13.2. The van der Waals surface area contributed by atoms with Crippen LogP contribution in [0.3, 0.4) is 0 Å². The summed E-state index contributed by atoms with van der Waals surface area (Å²) in [6.07, 6.45) is 0. The summed E-state index contributed by atoms with van der Waals surface area (Å²) in [6.45, 7) is 6.73. The Hall–Kier alpha value is -0.770. The van der Waals surface area contributed by atoms with Gasteiger partial charge in [-0.15, -0.1) is 0 Å². The number of nitrogens with one attached hydrogen (secondary N) is 1. The van der Waals surface area contributed by atoms with Crippen LogP contribution in [-0.4, -0.2) is 56.6 Å². The van der Waals surface area contributed by atoms with E-state index in [-0.39, 0.29) is 6.03 Å². The van der Waals surface area contributed by atoms with Gasteiger partial charge in [-0.05, 0) is 20.0 Å². The summed E-state index contributed by atoms with van der Waals surface area (Å²) in [5.74, 6) is 0.509. The maximum atomic E-state index is 11.5. The molecule has 0 aromatic rings. The highest BCUT2D eigenvalue weighted by molar-refractivity contribution is 5.73. The standard InChI is InChI=1S/C10H23N3O/c1-9(2)8-13(10(14)11-3)7-6-12(4)5/h9H,6-8H2,1-5H3,(H,11,14). The molecule has 0 aliphatic carbocycles. The number of amides is 2. The largest absolute Gasteiger partial charge is 0.341 e. The van der Waals surface area contributed by atoms with Crippen molar-refractivity contribution in [3.63, 3.8) is 0 Å². The molecule has 2 amide bonds. The van der Waals surface area contributed by atoms with Gasteiger partial charge in [0.25, 0.3) is 0 Å². The molecule has 0 aliphatic rings. The van der Waals surface area contributed by atoms with Crippen LogP contribution in [0, 0.1) is 5.92 Å². The zero-order chi connectivity index (χ0) is 11.1. The van der Waals surface area contributed by atoms with Gasteiger partial charge in [-0.25, -0.2) is 4.79 Å². The number of nitrogens with zero attached hydrogens (tertiary/aromatic N) is 2. The van der Waals surface area contributed by atoms with Crippen LogP contribution in [0.1, 0.15) is 13.8 Å². The van der Waals surface area contributed by atoms with Crippen molar-refractivity contribution in [2.24, 2.45) is 5.92 Å². The van der Waals surface area contributed by atoms with Crippen LogP contribution in [-0.2, 0) is 0 Å². The van der Waals surface area contributed by atoms with Gasteiger partial charge in [0, 0.05) is 26.7 Å². The van der Waals surface area contributed by atoms with Crippen molar-refractivity contribution in [3.05, 3.63) is 0 Å². The van der Waals surface area contributed by atoms with E-state index in [9.17, 15) is 4.79 Å². The second kappa shape index (κ2) is 6.65. The first-order chi connectivity index (χ1) is 6.47. The summed E-state index contributed by atoms with van der Waals surface area (Å²) in [4.78, 5) is 15.4. The number of hydrogen-bond donors (Lipinski definition) is 1. The molecule has 4 nitrogen and oxygen atoms in total. The summed E-state index contributed by atoms with van der Waals surface area (Å²) >= 11 is 0. The number of rotatable bonds is 5. The number of carbonyl (C=O) groups excluding carboxylic acids is 1. The number of carbonyl (C=O) groups is 1. The van der Waals surface area contributed by atoms with E-state index in [1.807, 2.05) is 19.0 Å². The van der Waals surface area contributed by atoms with E-state index in [4.69, 9.17) is 0 Å². The van der Waals surface area contributed by atoms with Crippen LogP contribution in [0.15, 0.2) is 0 Å².